The molecule has 0 spiro atoms. The van der Waals surface area contributed by atoms with Gasteiger partial charge in [0.05, 0.1) is 11.6 Å². The summed E-state index contributed by atoms with van der Waals surface area (Å²) in [6.45, 7) is 6.48. The molecule has 0 saturated heterocycles. The molecule has 0 aromatic carbocycles. The van der Waals surface area contributed by atoms with Crippen molar-refractivity contribution >= 4 is 5.91 Å². The molecule has 1 N–H and O–H groups in total. The molecule has 4 heteroatoms. The minimum absolute atomic E-state index is 0.0635. The van der Waals surface area contributed by atoms with Crippen LogP contribution in [0.15, 0.2) is 49.1 Å². The molecule has 110 valence electrons. The quantitative estimate of drug-likeness (QED) is 0.935. The lowest BCUT2D eigenvalue weighted by Gasteiger charge is -2.27. The van der Waals surface area contributed by atoms with E-state index >= 15 is 0 Å². The number of hydrogen-bond acceptors (Lipinski definition) is 3. The van der Waals surface area contributed by atoms with Gasteiger partial charge in [-0.15, -0.1) is 0 Å². The first-order valence-corrected chi connectivity index (χ1v) is 7.06. The molecule has 1 unspecified atom stereocenters. The normalized spacial score (nSPS) is 12.7. The zero-order valence-electron chi connectivity index (χ0n) is 12.7. The van der Waals surface area contributed by atoms with Crippen LogP contribution in [0.2, 0.25) is 0 Å². The van der Waals surface area contributed by atoms with E-state index in [4.69, 9.17) is 0 Å². The highest BCUT2D eigenvalue weighted by Crippen LogP contribution is 2.29. The van der Waals surface area contributed by atoms with Crippen molar-refractivity contribution in [1.82, 2.24) is 15.3 Å². The van der Waals surface area contributed by atoms with Gasteiger partial charge in [0.25, 0.3) is 5.91 Å². The van der Waals surface area contributed by atoms with Gasteiger partial charge in [-0.25, -0.2) is 0 Å². The van der Waals surface area contributed by atoms with E-state index in [1.54, 1.807) is 36.9 Å². The molecule has 2 heterocycles. The number of carbonyl (C=O) groups is 1. The van der Waals surface area contributed by atoms with Crippen molar-refractivity contribution in [2.75, 3.05) is 0 Å². The number of pyridine rings is 2. The second-order valence-corrected chi connectivity index (χ2v) is 6.32. The van der Waals surface area contributed by atoms with Gasteiger partial charge in [-0.1, -0.05) is 26.8 Å². The number of amides is 1. The van der Waals surface area contributed by atoms with Gasteiger partial charge in [0.2, 0.25) is 0 Å². The maximum Gasteiger partial charge on any atom is 0.253 e. The molecule has 0 saturated carbocycles. The molecule has 0 aliphatic rings. The van der Waals surface area contributed by atoms with Gasteiger partial charge in [-0.3, -0.25) is 14.8 Å². The Hall–Kier alpha value is -2.23. The van der Waals surface area contributed by atoms with Crippen LogP contribution in [0.1, 0.15) is 49.2 Å². The molecule has 4 nitrogen and oxygen atoms in total. The van der Waals surface area contributed by atoms with Crippen molar-refractivity contribution in [2.45, 2.75) is 33.2 Å². The lowest BCUT2D eigenvalue weighted by atomic mass is 9.85. The largest absolute Gasteiger partial charge is 0.345 e. The summed E-state index contributed by atoms with van der Waals surface area (Å²) < 4.78 is 0. The second-order valence-electron chi connectivity index (χ2n) is 6.32. The Morgan fingerprint density at radius 2 is 1.81 bits per heavy atom. The van der Waals surface area contributed by atoms with E-state index in [1.807, 2.05) is 12.1 Å². The van der Waals surface area contributed by atoms with Crippen LogP contribution in [0.4, 0.5) is 0 Å². The number of nitrogens with zero attached hydrogens (tertiary/aromatic N) is 2. The average Bonchev–Trinajstić information content (AvgIpc) is 2.47. The third-order valence-corrected chi connectivity index (χ3v) is 3.13. The predicted molar refractivity (Wildman–Crippen MR) is 82.8 cm³/mol. The van der Waals surface area contributed by atoms with Crippen molar-refractivity contribution in [1.29, 1.82) is 0 Å². The van der Waals surface area contributed by atoms with E-state index in [2.05, 4.69) is 36.1 Å². The van der Waals surface area contributed by atoms with E-state index in [1.165, 1.54) is 0 Å². The van der Waals surface area contributed by atoms with E-state index < -0.39 is 0 Å². The third-order valence-electron chi connectivity index (χ3n) is 3.13. The van der Waals surface area contributed by atoms with Crippen molar-refractivity contribution in [2.24, 2.45) is 5.41 Å². The van der Waals surface area contributed by atoms with Gasteiger partial charge in [0.15, 0.2) is 0 Å². The van der Waals surface area contributed by atoms with E-state index in [0.717, 1.165) is 12.0 Å². The monoisotopic (exact) mass is 283 g/mol. The summed E-state index contributed by atoms with van der Waals surface area (Å²) >= 11 is 0. The molecule has 2 aromatic heterocycles. The smallest absolute Gasteiger partial charge is 0.253 e. The standard InChI is InChI=1S/C17H21N3O/c1-17(2,3)10-15(13-6-4-8-18-11-13)20-16(21)14-7-5-9-19-12-14/h4-9,11-12,15H,10H2,1-3H3,(H,20,21). The predicted octanol–water partition coefficient (Wildman–Crippen LogP) is 3.38. The first-order valence-electron chi connectivity index (χ1n) is 7.06. The van der Waals surface area contributed by atoms with Gasteiger partial charge in [0, 0.05) is 24.8 Å². The Labute approximate surface area is 125 Å². The van der Waals surface area contributed by atoms with Crippen LogP contribution in [-0.4, -0.2) is 15.9 Å². The second kappa shape index (κ2) is 6.48. The van der Waals surface area contributed by atoms with Crippen LogP contribution in [0.3, 0.4) is 0 Å². The van der Waals surface area contributed by atoms with E-state index in [-0.39, 0.29) is 17.4 Å². The van der Waals surface area contributed by atoms with Crippen LogP contribution in [0.25, 0.3) is 0 Å². The Morgan fingerprint density at radius 1 is 1.14 bits per heavy atom. The molecule has 0 fully saturated rings. The molecule has 2 rings (SSSR count). The maximum absolute atomic E-state index is 12.3. The van der Waals surface area contributed by atoms with Gasteiger partial charge < -0.3 is 5.32 Å². The Balaban J connectivity index is 2.19. The minimum atomic E-state index is -0.110. The summed E-state index contributed by atoms with van der Waals surface area (Å²) in [6.07, 6.45) is 7.61. The van der Waals surface area contributed by atoms with Gasteiger partial charge in [-0.2, -0.15) is 0 Å². The minimum Gasteiger partial charge on any atom is -0.345 e. The Morgan fingerprint density at radius 3 is 2.33 bits per heavy atom. The highest BCUT2D eigenvalue weighted by molar-refractivity contribution is 5.94. The summed E-state index contributed by atoms with van der Waals surface area (Å²) in [5.41, 5.74) is 1.69. The van der Waals surface area contributed by atoms with Crippen LogP contribution < -0.4 is 5.32 Å². The van der Waals surface area contributed by atoms with Crippen molar-refractivity contribution in [3.63, 3.8) is 0 Å². The summed E-state index contributed by atoms with van der Waals surface area (Å²) in [5.74, 6) is -0.110. The van der Waals surface area contributed by atoms with Gasteiger partial charge in [-0.05, 0) is 35.6 Å². The highest BCUT2D eigenvalue weighted by atomic mass is 16.1. The Kier molecular flexibility index (Phi) is 4.68. The fourth-order valence-corrected chi connectivity index (χ4v) is 2.19. The number of carbonyl (C=O) groups excluding carboxylic acids is 1. The molecule has 1 atom stereocenters. The number of rotatable bonds is 4. The zero-order valence-corrected chi connectivity index (χ0v) is 12.7. The molecule has 0 aliphatic carbocycles. The topological polar surface area (TPSA) is 54.9 Å². The van der Waals surface area contributed by atoms with Crippen LogP contribution in [-0.2, 0) is 0 Å². The molecular weight excluding hydrogens is 262 g/mol. The lowest BCUT2D eigenvalue weighted by Crippen LogP contribution is -2.31. The molecular formula is C17H21N3O. The lowest BCUT2D eigenvalue weighted by molar-refractivity contribution is 0.0926. The Bertz CT molecular complexity index is 576. The van der Waals surface area contributed by atoms with Gasteiger partial charge >= 0.3 is 0 Å². The van der Waals surface area contributed by atoms with Crippen molar-refractivity contribution in [3.8, 4) is 0 Å². The van der Waals surface area contributed by atoms with E-state index in [0.29, 0.717) is 5.56 Å². The maximum atomic E-state index is 12.3. The number of nitrogens with one attached hydrogen (secondary N) is 1. The van der Waals surface area contributed by atoms with Crippen molar-refractivity contribution < 1.29 is 4.79 Å². The fourth-order valence-electron chi connectivity index (χ4n) is 2.19. The first-order chi connectivity index (χ1) is 9.96. The van der Waals surface area contributed by atoms with Crippen LogP contribution in [0.5, 0.6) is 0 Å². The summed E-state index contributed by atoms with van der Waals surface area (Å²) in [4.78, 5) is 20.5. The fraction of sp³-hybridized carbons (Fsp3) is 0.353. The third kappa shape index (κ3) is 4.67. The molecule has 0 aliphatic heterocycles. The molecule has 21 heavy (non-hydrogen) atoms. The summed E-state index contributed by atoms with van der Waals surface area (Å²) in [7, 11) is 0. The van der Waals surface area contributed by atoms with Gasteiger partial charge in [0.1, 0.15) is 0 Å². The summed E-state index contributed by atoms with van der Waals surface area (Å²) in [5, 5.41) is 3.09. The molecule has 2 aromatic rings. The molecule has 1 amide bonds. The SMILES string of the molecule is CC(C)(C)CC(NC(=O)c1cccnc1)c1cccnc1. The number of hydrogen-bond donors (Lipinski definition) is 1. The molecule has 0 bridgehead atoms. The average molecular weight is 283 g/mol. The van der Waals surface area contributed by atoms with E-state index in [9.17, 15) is 4.79 Å². The van der Waals surface area contributed by atoms with Crippen LogP contribution >= 0.6 is 0 Å². The molecule has 0 radical (unpaired) electrons. The highest BCUT2D eigenvalue weighted by Gasteiger charge is 2.22. The summed E-state index contributed by atoms with van der Waals surface area (Å²) in [6, 6.07) is 7.34. The number of aromatic nitrogens is 2. The van der Waals surface area contributed by atoms with Crippen molar-refractivity contribution in [3.05, 3.63) is 60.2 Å². The van der Waals surface area contributed by atoms with Crippen LogP contribution in [0, 0.1) is 5.41 Å². The first kappa shape index (κ1) is 15.2. The zero-order chi connectivity index (χ0) is 15.3.